The molecule has 2 saturated carbocycles. The van der Waals surface area contributed by atoms with Gasteiger partial charge in [0, 0.05) is 18.6 Å². The number of hydrogen-bond acceptors (Lipinski definition) is 3. The number of amides is 2. The van der Waals surface area contributed by atoms with Gasteiger partial charge in [-0.15, -0.1) is 0 Å². The molecule has 2 amide bonds. The van der Waals surface area contributed by atoms with Crippen LogP contribution in [0.4, 0.5) is 4.79 Å². The van der Waals surface area contributed by atoms with Crippen molar-refractivity contribution < 1.29 is 14.7 Å². The van der Waals surface area contributed by atoms with Gasteiger partial charge in [-0.3, -0.25) is 9.69 Å². The third-order valence-electron chi connectivity index (χ3n) is 7.20. The molecule has 6 heteroatoms. The Morgan fingerprint density at radius 3 is 2.32 bits per heavy atom. The van der Waals surface area contributed by atoms with E-state index in [1.54, 1.807) is 4.90 Å². The molecule has 0 aromatic heterocycles. The van der Waals surface area contributed by atoms with Gasteiger partial charge in [-0.25, -0.2) is 4.79 Å². The molecule has 4 rings (SSSR count). The molecular formula is C22H31N3O3. The Morgan fingerprint density at radius 1 is 1.14 bits per heavy atom. The lowest BCUT2D eigenvalue weighted by Gasteiger charge is -2.51. The van der Waals surface area contributed by atoms with Crippen molar-refractivity contribution in [1.82, 2.24) is 14.7 Å². The van der Waals surface area contributed by atoms with Gasteiger partial charge in [0.25, 0.3) is 0 Å². The first-order valence-corrected chi connectivity index (χ1v) is 10.4. The third kappa shape index (κ3) is 3.28. The van der Waals surface area contributed by atoms with E-state index in [9.17, 15) is 14.7 Å². The number of carbonyl (C=O) groups excluding carboxylic acids is 1. The van der Waals surface area contributed by atoms with Gasteiger partial charge in [0.2, 0.25) is 0 Å². The lowest BCUT2D eigenvalue weighted by molar-refractivity contribution is -0.137. The molecule has 0 radical (unpaired) electrons. The number of urea groups is 1. The van der Waals surface area contributed by atoms with E-state index in [0.717, 1.165) is 32.2 Å². The van der Waals surface area contributed by atoms with Crippen LogP contribution in [-0.2, 0) is 10.3 Å². The fourth-order valence-electron chi connectivity index (χ4n) is 5.30. The Balaban J connectivity index is 1.59. The zero-order valence-electron chi connectivity index (χ0n) is 16.9. The summed E-state index contributed by atoms with van der Waals surface area (Å²) in [5.41, 5.74) is 1.08. The van der Waals surface area contributed by atoms with Crippen molar-refractivity contribution in [1.29, 1.82) is 0 Å². The molecule has 2 aliphatic carbocycles. The highest BCUT2D eigenvalue weighted by atomic mass is 16.4. The normalized spacial score (nSPS) is 30.5. The maximum absolute atomic E-state index is 13.0. The molecule has 1 aromatic rings. The van der Waals surface area contributed by atoms with Gasteiger partial charge in [-0.1, -0.05) is 30.3 Å². The van der Waals surface area contributed by atoms with E-state index in [1.165, 1.54) is 18.4 Å². The Labute approximate surface area is 167 Å². The number of rotatable bonds is 6. The maximum Gasteiger partial charge on any atom is 0.323 e. The monoisotopic (exact) mass is 385 g/mol. The van der Waals surface area contributed by atoms with Crippen molar-refractivity contribution in [3.8, 4) is 0 Å². The van der Waals surface area contributed by atoms with E-state index < -0.39 is 5.97 Å². The molecule has 152 valence electrons. The van der Waals surface area contributed by atoms with E-state index in [4.69, 9.17) is 0 Å². The van der Waals surface area contributed by atoms with E-state index in [-0.39, 0.29) is 23.7 Å². The first-order valence-electron chi connectivity index (χ1n) is 10.4. The largest absolute Gasteiger partial charge is 0.480 e. The standard InChI is InChI=1S/C22H31N3O3/c1-23(2)22(18-6-4-3-5-7-18)12-10-21(11-13-22)16-24(15-19(26)27)20(28)25(21)14-17-8-9-17/h3-7,17H,8-16H2,1-2H3,(H,26,27)/t21-,22+. The predicted octanol–water partition coefficient (Wildman–Crippen LogP) is 2.99. The number of carboxylic acids is 1. The van der Waals surface area contributed by atoms with Crippen LogP contribution in [0.3, 0.4) is 0 Å². The summed E-state index contributed by atoms with van der Waals surface area (Å²) in [5, 5.41) is 9.24. The molecular weight excluding hydrogens is 354 g/mol. The molecule has 1 spiro atoms. The van der Waals surface area contributed by atoms with E-state index in [1.807, 2.05) is 11.0 Å². The summed E-state index contributed by atoms with van der Waals surface area (Å²) in [7, 11) is 4.28. The molecule has 6 nitrogen and oxygen atoms in total. The molecule has 1 aliphatic heterocycles. The van der Waals surface area contributed by atoms with Gasteiger partial charge in [0.1, 0.15) is 6.54 Å². The van der Waals surface area contributed by atoms with Crippen LogP contribution in [0.5, 0.6) is 0 Å². The molecule has 1 aromatic carbocycles. The second-order valence-corrected chi connectivity index (χ2v) is 9.10. The topological polar surface area (TPSA) is 64.1 Å². The Morgan fingerprint density at radius 2 is 1.79 bits per heavy atom. The fourth-order valence-corrected chi connectivity index (χ4v) is 5.30. The molecule has 0 atom stereocenters. The first kappa shape index (κ1) is 19.2. The molecule has 28 heavy (non-hydrogen) atoms. The van der Waals surface area contributed by atoms with Crippen LogP contribution in [0, 0.1) is 5.92 Å². The summed E-state index contributed by atoms with van der Waals surface area (Å²) in [6.07, 6.45) is 6.14. The molecule has 1 N–H and O–H groups in total. The molecule has 0 bridgehead atoms. The average molecular weight is 386 g/mol. The summed E-state index contributed by atoms with van der Waals surface area (Å²) in [4.78, 5) is 30.2. The number of nitrogens with zero attached hydrogens (tertiary/aromatic N) is 3. The van der Waals surface area contributed by atoms with Crippen LogP contribution in [-0.4, -0.2) is 71.1 Å². The predicted molar refractivity (Wildman–Crippen MR) is 107 cm³/mol. The minimum Gasteiger partial charge on any atom is -0.480 e. The Kier molecular flexibility index (Phi) is 4.86. The summed E-state index contributed by atoms with van der Waals surface area (Å²) >= 11 is 0. The molecule has 3 aliphatic rings. The minimum absolute atomic E-state index is 0.0268. The summed E-state index contributed by atoms with van der Waals surface area (Å²) in [6, 6.07) is 10.6. The maximum atomic E-state index is 13.0. The van der Waals surface area contributed by atoms with Crippen LogP contribution < -0.4 is 0 Å². The highest BCUT2D eigenvalue weighted by Crippen LogP contribution is 2.49. The van der Waals surface area contributed by atoms with Crippen LogP contribution in [0.2, 0.25) is 0 Å². The zero-order chi connectivity index (χ0) is 19.9. The van der Waals surface area contributed by atoms with Crippen LogP contribution in [0.25, 0.3) is 0 Å². The van der Waals surface area contributed by atoms with Crippen molar-refractivity contribution in [3.63, 3.8) is 0 Å². The van der Waals surface area contributed by atoms with Crippen LogP contribution >= 0.6 is 0 Å². The zero-order valence-corrected chi connectivity index (χ0v) is 16.9. The summed E-state index contributed by atoms with van der Waals surface area (Å²) < 4.78 is 0. The van der Waals surface area contributed by atoms with E-state index >= 15 is 0 Å². The number of hydrogen-bond donors (Lipinski definition) is 1. The highest BCUT2D eigenvalue weighted by molar-refractivity contribution is 5.83. The smallest absolute Gasteiger partial charge is 0.323 e. The van der Waals surface area contributed by atoms with Crippen molar-refractivity contribution in [3.05, 3.63) is 35.9 Å². The molecule has 3 fully saturated rings. The van der Waals surface area contributed by atoms with Gasteiger partial charge in [0.15, 0.2) is 0 Å². The Bertz CT molecular complexity index is 737. The second-order valence-electron chi connectivity index (χ2n) is 9.10. The fraction of sp³-hybridized carbons (Fsp3) is 0.636. The Hall–Kier alpha value is -2.08. The molecule has 0 unspecified atom stereocenters. The van der Waals surface area contributed by atoms with Crippen molar-refractivity contribution >= 4 is 12.0 Å². The van der Waals surface area contributed by atoms with Gasteiger partial charge >= 0.3 is 12.0 Å². The van der Waals surface area contributed by atoms with Gasteiger partial charge in [-0.05, 0) is 64.1 Å². The highest BCUT2D eigenvalue weighted by Gasteiger charge is 2.55. The summed E-state index contributed by atoms with van der Waals surface area (Å²) in [5.74, 6) is -0.334. The summed E-state index contributed by atoms with van der Waals surface area (Å²) in [6.45, 7) is 1.14. The van der Waals surface area contributed by atoms with Crippen molar-refractivity contribution in [2.24, 2.45) is 5.92 Å². The lowest BCUT2D eigenvalue weighted by atomic mass is 9.68. The second kappa shape index (κ2) is 7.07. The average Bonchev–Trinajstić information content (AvgIpc) is 3.46. The van der Waals surface area contributed by atoms with Crippen LogP contribution in [0.1, 0.15) is 44.1 Å². The van der Waals surface area contributed by atoms with E-state index in [2.05, 4.69) is 43.3 Å². The number of benzene rings is 1. The van der Waals surface area contributed by atoms with Crippen LogP contribution in [0.15, 0.2) is 30.3 Å². The molecule has 1 saturated heterocycles. The SMILES string of the molecule is CN(C)[C@]1(c2ccccc2)CC[C@]2(CC1)CN(CC(=O)O)C(=O)N2CC1CC1. The minimum atomic E-state index is -0.931. The lowest BCUT2D eigenvalue weighted by Crippen LogP contribution is -2.55. The van der Waals surface area contributed by atoms with Crippen molar-refractivity contribution in [2.45, 2.75) is 49.6 Å². The van der Waals surface area contributed by atoms with E-state index in [0.29, 0.717) is 12.5 Å². The van der Waals surface area contributed by atoms with Gasteiger partial charge in [0.05, 0.1) is 5.54 Å². The van der Waals surface area contributed by atoms with Crippen molar-refractivity contribution in [2.75, 3.05) is 33.7 Å². The quantitative estimate of drug-likeness (QED) is 0.818. The molecule has 1 heterocycles. The third-order valence-corrected chi connectivity index (χ3v) is 7.20. The van der Waals surface area contributed by atoms with Gasteiger partial charge in [-0.2, -0.15) is 0 Å². The van der Waals surface area contributed by atoms with Gasteiger partial charge < -0.3 is 14.9 Å². The number of aliphatic carboxylic acids is 1. The first-order chi connectivity index (χ1) is 13.4. The number of carbonyl (C=O) groups is 2. The number of carboxylic acid groups (broad SMARTS) is 1.